The number of fused-ring (bicyclic) bond motifs is 1. The summed E-state index contributed by atoms with van der Waals surface area (Å²) in [5.74, 6) is 3.84. The Morgan fingerprint density at radius 2 is 1.61 bits per heavy atom. The van der Waals surface area contributed by atoms with Crippen LogP contribution in [0, 0.1) is 34.5 Å². The van der Waals surface area contributed by atoms with Crippen LogP contribution >= 0.6 is 0 Å². The van der Waals surface area contributed by atoms with Gasteiger partial charge in [-0.1, -0.05) is 48.0 Å². The molecule has 0 aromatic carbocycles. The molecule has 0 saturated heterocycles. The van der Waals surface area contributed by atoms with Gasteiger partial charge in [0.15, 0.2) is 0 Å². The first-order chi connectivity index (χ1) is 8.24. The maximum absolute atomic E-state index is 2.54. The van der Waals surface area contributed by atoms with Crippen LogP contribution < -0.4 is 0 Å². The van der Waals surface area contributed by atoms with E-state index >= 15 is 0 Å². The zero-order valence-electron chi connectivity index (χ0n) is 13.6. The maximum atomic E-state index is 2.54. The van der Waals surface area contributed by atoms with Crippen molar-refractivity contribution in [3.8, 4) is 0 Å². The molecule has 0 N–H and O–H groups in total. The highest BCUT2D eigenvalue weighted by Crippen LogP contribution is 2.58. The maximum Gasteiger partial charge on any atom is -0.0323 e. The molecule has 0 bridgehead atoms. The molecular weight excluding hydrogens is 216 g/mol. The molecular formula is C18H34. The molecule has 0 heterocycles. The van der Waals surface area contributed by atoms with E-state index in [0.717, 1.165) is 23.7 Å². The Morgan fingerprint density at radius 1 is 0.944 bits per heavy atom. The van der Waals surface area contributed by atoms with Gasteiger partial charge < -0.3 is 0 Å². The van der Waals surface area contributed by atoms with E-state index in [-0.39, 0.29) is 0 Å². The zero-order chi connectivity index (χ0) is 13.6. The minimum atomic E-state index is 0.582. The van der Waals surface area contributed by atoms with Crippen molar-refractivity contribution in [3.05, 3.63) is 0 Å². The van der Waals surface area contributed by atoms with E-state index in [0.29, 0.717) is 10.8 Å². The van der Waals surface area contributed by atoms with Crippen molar-refractivity contribution in [3.63, 3.8) is 0 Å². The lowest BCUT2D eigenvalue weighted by atomic mass is 9.49. The molecule has 2 unspecified atom stereocenters. The fraction of sp³-hybridized carbons (Fsp3) is 1.00. The summed E-state index contributed by atoms with van der Waals surface area (Å²) in [6.07, 6.45) is 8.83. The molecule has 0 spiro atoms. The molecule has 2 aliphatic rings. The summed E-state index contributed by atoms with van der Waals surface area (Å²) in [6.45, 7) is 15.0. The summed E-state index contributed by atoms with van der Waals surface area (Å²) in [4.78, 5) is 0. The molecule has 2 aliphatic carbocycles. The summed E-state index contributed by atoms with van der Waals surface area (Å²) in [5, 5.41) is 0. The predicted molar refractivity (Wildman–Crippen MR) is 80.6 cm³/mol. The highest BCUT2D eigenvalue weighted by Gasteiger charge is 2.49. The van der Waals surface area contributed by atoms with Gasteiger partial charge in [0, 0.05) is 0 Å². The van der Waals surface area contributed by atoms with Gasteiger partial charge in [-0.25, -0.2) is 0 Å². The average molecular weight is 250 g/mol. The third kappa shape index (κ3) is 2.63. The van der Waals surface area contributed by atoms with Gasteiger partial charge in [-0.2, -0.15) is 0 Å². The monoisotopic (exact) mass is 250 g/mol. The Labute approximate surface area is 115 Å². The summed E-state index contributed by atoms with van der Waals surface area (Å²) in [5.41, 5.74) is 1.19. The zero-order valence-corrected chi connectivity index (χ0v) is 13.6. The molecule has 106 valence electrons. The van der Waals surface area contributed by atoms with Crippen molar-refractivity contribution >= 4 is 0 Å². The van der Waals surface area contributed by atoms with Gasteiger partial charge in [0.25, 0.3) is 0 Å². The van der Waals surface area contributed by atoms with Crippen molar-refractivity contribution in [2.75, 3.05) is 0 Å². The van der Waals surface area contributed by atoms with E-state index in [1.807, 2.05) is 0 Å². The second-order valence-corrected chi connectivity index (χ2v) is 8.91. The molecule has 3 atom stereocenters. The Kier molecular flexibility index (Phi) is 3.87. The molecule has 0 amide bonds. The lowest BCUT2D eigenvalue weighted by Gasteiger charge is -2.56. The third-order valence-electron chi connectivity index (χ3n) is 6.22. The van der Waals surface area contributed by atoms with Crippen molar-refractivity contribution < 1.29 is 0 Å². The van der Waals surface area contributed by atoms with Crippen LogP contribution in [0.4, 0.5) is 0 Å². The van der Waals surface area contributed by atoms with E-state index in [1.165, 1.54) is 38.5 Å². The van der Waals surface area contributed by atoms with Crippen LogP contribution in [0.5, 0.6) is 0 Å². The Bertz CT molecular complexity index is 284. The molecule has 18 heavy (non-hydrogen) atoms. The Morgan fingerprint density at radius 3 is 2.22 bits per heavy atom. The number of hydrogen-bond donors (Lipinski definition) is 0. The molecule has 0 aromatic heterocycles. The van der Waals surface area contributed by atoms with Gasteiger partial charge in [-0.05, 0) is 66.6 Å². The first kappa shape index (κ1) is 14.4. The predicted octanol–water partition coefficient (Wildman–Crippen LogP) is 5.91. The third-order valence-corrected chi connectivity index (χ3v) is 6.22. The van der Waals surface area contributed by atoms with Gasteiger partial charge in [0.1, 0.15) is 0 Å². The minimum absolute atomic E-state index is 0.582. The SMILES string of the molecule is CC(C)CC1C2CCCC(C)(C)[C@@H]2CCC1(C)C. The van der Waals surface area contributed by atoms with Crippen LogP contribution in [-0.2, 0) is 0 Å². The summed E-state index contributed by atoms with van der Waals surface area (Å²) >= 11 is 0. The van der Waals surface area contributed by atoms with Gasteiger partial charge in [0.2, 0.25) is 0 Å². The molecule has 0 aromatic rings. The van der Waals surface area contributed by atoms with Crippen LogP contribution in [-0.4, -0.2) is 0 Å². The van der Waals surface area contributed by atoms with Gasteiger partial charge in [-0.15, -0.1) is 0 Å². The summed E-state index contributed by atoms with van der Waals surface area (Å²) in [7, 11) is 0. The van der Waals surface area contributed by atoms with Crippen LogP contribution in [0.15, 0.2) is 0 Å². The molecule has 0 heteroatoms. The van der Waals surface area contributed by atoms with Crippen LogP contribution in [0.2, 0.25) is 0 Å². The first-order valence-corrected chi connectivity index (χ1v) is 8.24. The fourth-order valence-electron chi connectivity index (χ4n) is 5.14. The Hall–Kier alpha value is 0. The van der Waals surface area contributed by atoms with Crippen LogP contribution in [0.3, 0.4) is 0 Å². The van der Waals surface area contributed by atoms with E-state index < -0.39 is 0 Å². The summed E-state index contributed by atoms with van der Waals surface area (Å²) in [6, 6.07) is 0. The second-order valence-electron chi connectivity index (χ2n) is 8.91. The van der Waals surface area contributed by atoms with Gasteiger partial charge >= 0.3 is 0 Å². The molecule has 0 nitrogen and oxygen atoms in total. The van der Waals surface area contributed by atoms with Crippen molar-refractivity contribution in [1.82, 2.24) is 0 Å². The number of hydrogen-bond acceptors (Lipinski definition) is 0. The van der Waals surface area contributed by atoms with Gasteiger partial charge in [-0.3, -0.25) is 0 Å². The second kappa shape index (κ2) is 4.84. The molecule has 0 aliphatic heterocycles. The van der Waals surface area contributed by atoms with E-state index in [4.69, 9.17) is 0 Å². The number of rotatable bonds is 2. The molecule has 0 radical (unpaired) electrons. The normalized spacial score (nSPS) is 38.5. The van der Waals surface area contributed by atoms with Crippen molar-refractivity contribution in [2.24, 2.45) is 34.5 Å². The first-order valence-electron chi connectivity index (χ1n) is 8.24. The van der Waals surface area contributed by atoms with E-state index in [2.05, 4.69) is 41.5 Å². The Balaban J connectivity index is 2.22. The smallest absolute Gasteiger partial charge is 0.0323 e. The topological polar surface area (TPSA) is 0 Å². The largest absolute Gasteiger partial charge is 0.0628 e. The molecule has 2 rings (SSSR count). The van der Waals surface area contributed by atoms with Crippen LogP contribution in [0.1, 0.15) is 80.1 Å². The molecule has 2 saturated carbocycles. The highest BCUT2D eigenvalue weighted by molar-refractivity contribution is 4.99. The quantitative estimate of drug-likeness (QED) is 0.571. The van der Waals surface area contributed by atoms with Gasteiger partial charge in [0.05, 0.1) is 0 Å². The molecule has 2 fully saturated rings. The van der Waals surface area contributed by atoms with Crippen LogP contribution in [0.25, 0.3) is 0 Å². The average Bonchev–Trinajstić information content (AvgIpc) is 2.21. The standard InChI is InChI=1S/C18H34/c1-13(2)12-16-14-8-7-10-17(3,4)15(14)9-11-18(16,5)6/h13-16H,7-12H2,1-6H3/t14?,15-,16?/m1/s1. The lowest BCUT2D eigenvalue weighted by Crippen LogP contribution is -2.47. The summed E-state index contributed by atoms with van der Waals surface area (Å²) < 4.78 is 0. The lowest BCUT2D eigenvalue weighted by molar-refractivity contribution is -0.0624. The minimum Gasteiger partial charge on any atom is -0.0628 e. The fourth-order valence-corrected chi connectivity index (χ4v) is 5.14. The van der Waals surface area contributed by atoms with E-state index in [9.17, 15) is 0 Å². The van der Waals surface area contributed by atoms with Crippen molar-refractivity contribution in [2.45, 2.75) is 80.1 Å². The highest BCUT2D eigenvalue weighted by atomic mass is 14.5. The van der Waals surface area contributed by atoms with E-state index in [1.54, 1.807) is 0 Å². The van der Waals surface area contributed by atoms with Crippen molar-refractivity contribution in [1.29, 1.82) is 0 Å².